The predicted molar refractivity (Wildman–Crippen MR) is 146 cm³/mol. The molecule has 1 aromatic heterocycles. The maximum atomic E-state index is 13.1. The number of fused-ring (bicyclic) bond motifs is 9. The van der Waals surface area contributed by atoms with Crippen LogP contribution in [0.4, 0.5) is 0 Å². The number of hydrogen-bond donors (Lipinski definition) is 3. The van der Waals surface area contributed by atoms with Crippen LogP contribution in [0.3, 0.4) is 0 Å². The molecule has 3 aromatic rings. The summed E-state index contributed by atoms with van der Waals surface area (Å²) >= 11 is 0. The van der Waals surface area contributed by atoms with Gasteiger partial charge in [0.2, 0.25) is 5.91 Å². The van der Waals surface area contributed by atoms with Crippen LogP contribution in [-0.4, -0.2) is 73.0 Å². The molecule has 0 saturated carbocycles. The van der Waals surface area contributed by atoms with Crippen LogP contribution in [0.1, 0.15) is 29.7 Å². The number of nitrogens with one attached hydrogen (secondary N) is 3. The largest absolute Gasteiger partial charge is 0.496 e. The van der Waals surface area contributed by atoms with Crippen LogP contribution >= 0.6 is 0 Å². The van der Waals surface area contributed by atoms with Gasteiger partial charge >= 0.3 is 0 Å². The average molecular weight is 550 g/mol. The number of aryl methyl sites for hydroxylation is 1. The number of piperidine rings is 1. The van der Waals surface area contributed by atoms with Crippen molar-refractivity contribution in [2.75, 3.05) is 33.9 Å². The Labute approximate surface area is 233 Å². The Hall–Kier alpha value is -4.25. The fraction of sp³-hybridized carbons (Fsp3) is 0.414. The van der Waals surface area contributed by atoms with Gasteiger partial charge in [0.25, 0.3) is 5.91 Å². The monoisotopic (exact) mass is 549 g/mol. The van der Waals surface area contributed by atoms with Gasteiger partial charge in [0.1, 0.15) is 17.6 Å². The molecule has 3 aliphatic heterocycles. The molecule has 40 heavy (non-hydrogen) atoms. The molecule has 1 fully saturated rings. The fourth-order valence-electron chi connectivity index (χ4n) is 5.08. The van der Waals surface area contributed by atoms with Gasteiger partial charge in [0.05, 0.1) is 20.3 Å². The third-order valence-corrected chi connectivity index (χ3v) is 7.18. The van der Waals surface area contributed by atoms with E-state index in [9.17, 15) is 9.59 Å². The number of aromatic amines is 1. The topological polar surface area (TPSA) is 127 Å². The summed E-state index contributed by atoms with van der Waals surface area (Å²) in [6.07, 6.45) is 2.98. The molecule has 0 unspecified atom stereocenters. The van der Waals surface area contributed by atoms with Crippen molar-refractivity contribution in [1.82, 2.24) is 25.7 Å². The smallest absolute Gasteiger partial charge is 0.258 e. The highest BCUT2D eigenvalue weighted by Gasteiger charge is 2.32. The minimum Gasteiger partial charge on any atom is -0.496 e. The van der Waals surface area contributed by atoms with Gasteiger partial charge in [-0.15, -0.1) is 0 Å². The van der Waals surface area contributed by atoms with E-state index in [1.807, 2.05) is 36.4 Å². The molecule has 11 heteroatoms. The average Bonchev–Trinajstić information content (AvgIpc) is 3.48. The molecule has 0 spiro atoms. The normalized spacial score (nSPS) is 20.4. The molecule has 4 heterocycles. The van der Waals surface area contributed by atoms with E-state index in [-0.39, 0.29) is 30.6 Å². The lowest BCUT2D eigenvalue weighted by Gasteiger charge is -2.38. The highest BCUT2D eigenvalue weighted by molar-refractivity contribution is 5.78. The highest BCUT2D eigenvalue weighted by Crippen LogP contribution is 2.30. The van der Waals surface area contributed by atoms with E-state index in [1.54, 1.807) is 26.5 Å². The van der Waals surface area contributed by atoms with Crippen molar-refractivity contribution >= 4 is 11.8 Å². The van der Waals surface area contributed by atoms with Crippen molar-refractivity contribution in [3.63, 3.8) is 0 Å². The zero-order valence-corrected chi connectivity index (χ0v) is 22.8. The Balaban J connectivity index is 1.40. The second kappa shape index (κ2) is 12.7. The van der Waals surface area contributed by atoms with Gasteiger partial charge in [-0.25, -0.2) is 0 Å². The number of carbonyl (C=O) groups is 2. The van der Waals surface area contributed by atoms with E-state index in [2.05, 4.69) is 25.7 Å². The van der Waals surface area contributed by atoms with Gasteiger partial charge in [-0.3, -0.25) is 19.6 Å². The number of H-pyrrole nitrogens is 1. The first-order valence-electron chi connectivity index (χ1n) is 13.4. The number of carbonyl (C=O) groups excluding carboxylic acids is 2. The van der Waals surface area contributed by atoms with Gasteiger partial charge in [0.15, 0.2) is 18.1 Å². The minimum atomic E-state index is -0.284. The molecule has 212 valence electrons. The Morgan fingerprint density at radius 2 is 1.90 bits per heavy atom. The Kier molecular flexibility index (Phi) is 8.70. The van der Waals surface area contributed by atoms with E-state index in [1.165, 1.54) is 0 Å². The van der Waals surface area contributed by atoms with Crippen LogP contribution in [-0.2, 0) is 29.1 Å². The second-order valence-corrected chi connectivity index (χ2v) is 9.96. The van der Waals surface area contributed by atoms with E-state index in [0.717, 1.165) is 23.4 Å². The second-order valence-electron chi connectivity index (χ2n) is 9.96. The van der Waals surface area contributed by atoms with Crippen LogP contribution in [0, 0.1) is 0 Å². The standard InChI is InChI=1S/C29H35N5O6/c1-37-25-7-3-19-4-8-28(35)30-15-20-5-6-22(14-26(20)38-2)40-24-10-12-34(16-21-9-11-31-33-21)17-23(24)32-29(36)18-39-27(25)13-19/h3,5-7,9,11,13-14,23-24H,4,8,10,12,15-18H2,1-2H3,(H,30,35)(H,31,33)(H,32,36)/t23-,24+/m1/s1. The molecule has 4 bridgehead atoms. The number of benzene rings is 2. The van der Waals surface area contributed by atoms with E-state index in [4.69, 9.17) is 18.9 Å². The summed E-state index contributed by atoms with van der Waals surface area (Å²) in [5.41, 5.74) is 2.76. The van der Waals surface area contributed by atoms with Gasteiger partial charge in [0, 0.05) is 56.1 Å². The number of ether oxygens (including phenoxy) is 4. The molecule has 3 aliphatic rings. The molecule has 2 amide bonds. The quantitative estimate of drug-likeness (QED) is 0.452. The first-order chi connectivity index (χ1) is 19.5. The number of methoxy groups -OCH3 is 2. The third-order valence-electron chi connectivity index (χ3n) is 7.18. The molecule has 2 atom stereocenters. The molecule has 2 aromatic carbocycles. The Morgan fingerprint density at radius 3 is 2.70 bits per heavy atom. The third kappa shape index (κ3) is 6.84. The number of hydrogen-bond acceptors (Lipinski definition) is 8. The van der Waals surface area contributed by atoms with E-state index < -0.39 is 0 Å². The van der Waals surface area contributed by atoms with E-state index >= 15 is 0 Å². The van der Waals surface area contributed by atoms with Crippen LogP contribution in [0.25, 0.3) is 0 Å². The maximum Gasteiger partial charge on any atom is 0.258 e. The number of nitrogens with zero attached hydrogens (tertiary/aromatic N) is 2. The summed E-state index contributed by atoms with van der Waals surface area (Å²) in [4.78, 5) is 28.0. The zero-order valence-electron chi connectivity index (χ0n) is 22.8. The number of rotatable bonds is 4. The molecule has 3 N–H and O–H groups in total. The molecular formula is C29H35N5O6. The first kappa shape index (κ1) is 27.3. The summed E-state index contributed by atoms with van der Waals surface area (Å²) in [5.74, 6) is 1.88. The Bertz CT molecular complexity index is 1310. The van der Waals surface area contributed by atoms with Crippen molar-refractivity contribution in [3.05, 3.63) is 65.5 Å². The summed E-state index contributed by atoms with van der Waals surface area (Å²) < 4.78 is 23.3. The molecular weight excluding hydrogens is 514 g/mol. The van der Waals surface area contributed by atoms with Crippen molar-refractivity contribution in [3.8, 4) is 23.0 Å². The lowest BCUT2D eigenvalue weighted by atomic mass is 10.0. The molecule has 0 radical (unpaired) electrons. The van der Waals surface area contributed by atoms with E-state index in [0.29, 0.717) is 61.9 Å². The molecule has 0 aliphatic carbocycles. The maximum absolute atomic E-state index is 13.1. The number of amides is 2. The predicted octanol–water partition coefficient (Wildman–Crippen LogP) is 2.21. The summed E-state index contributed by atoms with van der Waals surface area (Å²) in [5, 5.41) is 13.1. The van der Waals surface area contributed by atoms with Gasteiger partial charge < -0.3 is 29.6 Å². The van der Waals surface area contributed by atoms with Crippen LogP contribution < -0.4 is 29.6 Å². The van der Waals surface area contributed by atoms with Crippen LogP contribution in [0.15, 0.2) is 48.7 Å². The summed E-state index contributed by atoms with van der Waals surface area (Å²) in [7, 11) is 3.15. The van der Waals surface area contributed by atoms with Gasteiger partial charge in [-0.1, -0.05) is 6.07 Å². The summed E-state index contributed by atoms with van der Waals surface area (Å²) in [6, 6.07) is 12.7. The van der Waals surface area contributed by atoms with Crippen molar-refractivity contribution < 1.29 is 28.5 Å². The molecule has 6 rings (SSSR count). The molecule has 11 nitrogen and oxygen atoms in total. The van der Waals surface area contributed by atoms with Crippen LogP contribution in [0.5, 0.6) is 23.0 Å². The number of aromatic nitrogens is 2. The molecule has 1 saturated heterocycles. The lowest BCUT2D eigenvalue weighted by molar-refractivity contribution is -0.125. The van der Waals surface area contributed by atoms with Crippen molar-refractivity contribution in [2.45, 2.75) is 44.5 Å². The lowest BCUT2D eigenvalue weighted by Crippen LogP contribution is -2.57. The first-order valence-corrected chi connectivity index (χ1v) is 13.4. The van der Waals surface area contributed by atoms with Crippen molar-refractivity contribution in [1.29, 1.82) is 0 Å². The van der Waals surface area contributed by atoms with Gasteiger partial charge in [-0.2, -0.15) is 5.10 Å². The van der Waals surface area contributed by atoms with Gasteiger partial charge in [-0.05, 0) is 48.7 Å². The SMILES string of the molecule is COc1cc2ccc1CNC(=O)CCc1ccc(OC)c(c1)OCC(=O)N[C@@H]1CN(Cc3ccn[nH]3)CC[C@@H]1O2. The fourth-order valence-corrected chi connectivity index (χ4v) is 5.08. The Morgan fingerprint density at radius 1 is 1.02 bits per heavy atom. The minimum absolute atomic E-state index is 0.0808. The summed E-state index contributed by atoms with van der Waals surface area (Å²) in [6.45, 7) is 2.22. The number of likely N-dealkylation sites (tertiary alicyclic amines) is 1. The van der Waals surface area contributed by atoms with Crippen LogP contribution in [0.2, 0.25) is 0 Å². The zero-order chi connectivity index (χ0) is 27.9. The highest BCUT2D eigenvalue weighted by atomic mass is 16.5. The van der Waals surface area contributed by atoms with Crippen molar-refractivity contribution in [2.24, 2.45) is 0 Å².